The molecule has 0 bridgehead atoms. The number of nitrogens with zero attached hydrogens (tertiary/aromatic N) is 4. The van der Waals surface area contributed by atoms with Gasteiger partial charge < -0.3 is 15.1 Å². The lowest BCUT2D eigenvalue weighted by molar-refractivity contribution is -0.137. The van der Waals surface area contributed by atoms with E-state index in [4.69, 9.17) is 0 Å². The summed E-state index contributed by atoms with van der Waals surface area (Å²) in [6, 6.07) is 4.73. The molecule has 1 amide bonds. The fourth-order valence-corrected chi connectivity index (χ4v) is 2.92. The smallest absolute Gasteiger partial charge is 0.350 e. The summed E-state index contributed by atoms with van der Waals surface area (Å²) >= 11 is 0. The summed E-state index contributed by atoms with van der Waals surface area (Å²) in [5, 5.41) is 3.02. The Balaban J connectivity index is 1.72. The Morgan fingerprint density at radius 3 is 2.25 bits per heavy atom. The highest BCUT2D eigenvalue weighted by Gasteiger charge is 2.30. The van der Waals surface area contributed by atoms with Crippen molar-refractivity contribution in [2.24, 2.45) is 0 Å². The first-order valence-electron chi connectivity index (χ1n) is 8.71. The van der Waals surface area contributed by atoms with Crippen molar-refractivity contribution >= 4 is 23.2 Å². The van der Waals surface area contributed by atoms with Crippen molar-refractivity contribution in [3.8, 4) is 0 Å². The van der Waals surface area contributed by atoms with E-state index >= 15 is 0 Å². The molecule has 0 spiro atoms. The largest absolute Gasteiger partial charge is 0.416 e. The average Bonchev–Trinajstić information content (AvgIpc) is 2.68. The third kappa shape index (κ3) is 4.41. The lowest BCUT2D eigenvalue weighted by Crippen LogP contribution is -2.49. The van der Waals surface area contributed by atoms with Gasteiger partial charge in [-0.25, -0.2) is 9.97 Å². The maximum absolute atomic E-state index is 12.7. The van der Waals surface area contributed by atoms with Crippen LogP contribution in [0.1, 0.15) is 12.5 Å². The quantitative estimate of drug-likeness (QED) is 0.809. The number of amides is 1. The number of anilines is 3. The van der Waals surface area contributed by atoms with Crippen LogP contribution in [0.3, 0.4) is 0 Å². The van der Waals surface area contributed by atoms with Crippen LogP contribution < -0.4 is 10.2 Å². The van der Waals surface area contributed by atoms with Crippen LogP contribution >= 0.6 is 0 Å². The van der Waals surface area contributed by atoms with Crippen LogP contribution in [0.25, 0.3) is 0 Å². The Kier molecular flexibility index (Phi) is 5.53. The number of hydrogen-bond donors (Lipinski definition) is 1. The molecule has 28 heavy (non-hydrogen) atoms. The predicted octanol–water partition coefficient (Wildman–Crippen LogP) is 3.46. The van der Waals surface area contributed by atoms with Gasteiger partial charge in [-0.2, -0.15) is 13.2 Å². The van der Waals surface area contributed by atoms with Crippen LogP contribution in [0.2, 0.25) is 0 Å². The van der Waals surface area contributed by atoms with Crippen molar-refractivity contribution in [1.82, 2.24) is 14.9 Å². The van der Waals surface area contributed by atoms with E-state index in [1.54, 1.807) is 18.0 Å². The van der Waals surface area contributed by atoms with E-state index in [0.29, 0.717) is 49.1 Å². The Morgan fingerprint density at radius 1 is 1.07 bits per heavy atom. The van der Waals surface area contributed by atoms with Gasteiger partial charge in [0.2, 0.25) is 5.91 Å². The number of aromatic nitrogens is 2. The normalized spacial score (nSPS) is 14.7. The fourth-order valence-electron chi connectivity index (χ4n) is 2.92. The van der Waals surface area contributed by atoms with Crippen molar-refractivity contribution in [3.63, 3.8) is 0 Å². The third-order valence-corrected chi connectivity index (χ3v) is 4.39. The monoisotopic (exact) mass is 391 g/mol. The van der Waals surface area contributed by atoms with Gasteiger partial charge in [-0.3, -0.25) is 4.79 Å². The molecule has 1 aliphatic rings. The van der Waals surface area contributed by atoms with E-state index in [9.17, 15) is 18.0 Å². The molecule has 1 saturated heterocycles. The van der Waals surface area contributed by atoms with Gasteiger partial charge in [-0.15, -0.1) is 0 Å². The number of rotatable bonds is 4. The zero-order chi connectivity index (χ0) is 20.3. The first kappa shape index (κ1) is 19.7. The SMILES string of the molecule is C=C(C)C(=O)N1CCN(c2nccnc2Nc2ccc(C(F)(F)F)cc2)CC1. The molecule has 9 heteroatoms. The molecule has 0 saturated carbocycles. The standard InChI is InChI=1S/C19H20F3N5O/c1-13(2)18(28)27-11-9-26(10-12-27)17-16(23-7-8-24-17)25-15-5-3-14(4-6-15)19(20,21)22/h3-8H,1,9-12H2,2H3,(H,23,25). The van der Waals surface area contributed by atoms with E-state index < -0.39 is 11.7 Å². The molecular weight excluding hydrogens is 371 g/mol. The van der Waals surface area contributed by atoms with Gasteiger partial charge in [-0.1, -0.05) is 6.58 Å². The number of benzene rings is 1. The molecule has 1 fully saturated rings. The van der Waals surface area contributed by atoms with E-state index in [0.717, 1.165) is 12.1 Å². The minimum absolute atomic E-state index is 0.0677. The predicted molar refractivity (Wildman–Crippen MR) is 100 cm³/mol. The van der Waals surface area contributed by atoms with Crippen LogP contribution in [0.4, 0.5) is 30.5 Å². The molecule has 2 heterocycles. The van der Waals surface area contributed by atoms with Crippen molar-refractivity contribution in [1.29, 1.82) is 0 Å². The van der Waals surface area contributed by atoms with Gasteiger partial charge in [0.25, 0.3) is 0 Å². The summed E-state index contributed by atoms with van der Waals surface area (Å²) < 4.78 is 38.1. The molecule has 0 aliphatic carbocycles. The maximum atomic E-state index is 12.7. The van der Waals surface area contributed by atoms with Crippen LogP contribution in [0.15, 0.2) is 48.8 Å². The Bertz CT molecular complexity index is 859. The number of hydrogen-bond acceptors (Lipinski definition) is 5. The first-order chi connectivity index (χ1) is 13.3. The molecular formula is C19H20F3N5O. The number of carbonyl (C=O) groups is 1. The summed E-state index contributed by atoms with van der Waals surface area (Å²) in [5.41, 5.74) is 0.263. The van der Waals surface area contributed by atoms with Crippen LogP contribution in [-0.4, -0.2) is 47.0 Å². The number of nitrogens with one attached hydrogen (secondary N) is 1. The molecule has 1 N–H and O–H groups in total. The number of halogens is 3. The van der Waals surface area contributed by atoms with Gasteiger partial charge in [0.1, 0.15) is 0 Å². The van der Waals surface area contributed by atoms with Crippen molar-refractivity contribution in [2.45, 2.75) is 13.1 Å². The van der Waals surface area contributed by atoms with Crippen molar-refractivity contribution in [2.75, 3.05) is 36.4 Å². The lowest BCUT2D eigenvalue weighted by atomic mass is 10.2. The Morgan fingerprint density at radius 2 is 1.68 bits per heavy atom. The van der Waals surface area contributed by atoms with E-state index in [-0.39, 0.29) is 5.91 Å². The van der Waals surface area contributed by atoms with Gasteiger partial charge in [-0.05, 0) is 31.2 Å². The average molecular weight is 391 g/mol. The topological polar surface area (TPSA) is 61.4 Å². The highest BCUT2D eigenvalue weighted by molar-refractivity contribution is 5.92. The minimum atomic E-state index is -4.38. The fraction of sp³-hybridized carbons (Fsp3) is 0.316. The second-order valence-corrected chi connectivity index (χ2v) is 6.49. The van der Waals surface area contributed by atoms with E-state index in [1.807, 2.05) is 4.90 Å². The molecule has 0 atom stereocenters. The van der Waals surface area contributed by atoms with Crippen LogP contribution in [-0.2, 0) is 11.0 Å². The summed E-state index contributed by atoms with van der Waals surface area (Å²) in [6.07, 6.45) is -1.31. The zero-order valence-electron chi connectivity index (χ0n) is 15.3. The minimum Gasteiger partial charge on any atom is -0.350 e. The van der Waals surface area contributed by atoms with E-state index in [1.165, 1.54) is 18.3 Å². The summed E-state index contributed by atoms with van der Waals surface area (Å²) in [4.78, 5) is 24.4. The number of piperazine rings is 1. The molecule has 0 radical (unpaired) electrons. The van der Waals surface area contributed by atoms with Gasteiger partial charge in [0, 0.05) is 49.8 Å². The second kappa shape index (κ2) is 7.87. The Hall–Kier alpha value is -3.10. The van der Waals surface area contributed by atoms with Crippen LogP contribution in [0, 0.1) is 0 Å². The molecule has 6 nitrogen and oxygen atoms in total. The lowest BCUT2D eigenvalue weighted by Gasteiger charge is -2.36. The highest BCUT2D eigenvalue weighted by Crippen LogP contribution is 2.31. The summed E-state index contributed by atoms with van der Waals surface area (Å²) in [5.74, 6) is 0.966. The molecule has 1 aromatic heterocycles. The summed E-state index contributed by atoms with van der Waals surface area (Å²) in [7, 11) is 0. The third-order valence-electron chi connectivity index (χ3n) is 4.39. The zero-order valence-corrected chi connectivity index (χ0v) is 15.3. The van der Waals surface area contributed by atoms with E-state index in [2.05, 4.69) is 21.9 Å². The van der Waals surface area contributed by atoms with Crippen LogP contribution in [0.5, 0.6) is 0 Å². The van der Waals surface area contributed by atoms with Crippen molar-refractivity contribution < 1.29 is 18.0 Å². The highest BCUT2D eigenvalue weighted by atomic mass is 19.4. The van der Waals surface area contributed by atoms with Crippen molar-refractivity contribution in [3.05, 3.63) is 54.4 Å². The molecule has 1 aliphatic heterocycles. The van der Waals surface area contributed by atoms with Gasteiger partial charge in [0.05, 0.1) is 5.56 Å². The molecule has 2 aromatic rings. The Labute approximate surface area is 160 Å². The molecule has 148 valence electrons. The first-order valence-corrected chi connectivity index (χ1v) is 8.71. The van der Waals surface area contributed by atoms with Gasteiger partial charge >= 0.3 is 6.18 Å². The number of alkyl halides is 3. The number of carbonyl (C=O) groups excluding carboxylic acids is 1. The summed E-state index contributed by atoms with van der Waals surface area (Å²) in [6.45, 7) is 7.56. The molecule has 1 aromatic carbocycles. The second-order valence-electron chi connectivity index (χ2n) is 6.49. The molecule has 0 unspecified atom stereocenters. The maximum Gasteiger partial charge on any atom is 0.416 e. The van der Waals surface area contributed by atoms with Gasteiger partial charge in [0.15, 0.2) is 11.6 Å². The molecule has 3 rings (SSSR count).